The summed E-state index contributed by atoms with van der Waals surface area (Å²) in [5.41, 5.74) is 3.67. The van der Waals surface area contributed by atoms with Crippen LogP contribution in [-0.2, 0) is 26.8 Å². The van der Waals surface area contributed by atoms with E-state index in [1.54, 1.807) is 63.1 Å². The third-order valence-electron chi connectivity index (χ3n) is 5.10. The second-order valence-corrected chi connectivity index (χ2v) is 10.1. The molecule has 11 nitrogen and oxygen atoms in total. The number of nitrogens with zero attached hydrogens (tertiary/aromatic N) is 3. The van der Waals surface area contributed by atoms with E-state index in [9.17, 15) is 9.90 Å². The number of aliphatic carboxylic acids is 1. The van der Waals surface area contributed by atoms with Gasteiger partial charge in [-0.1, -0.05) is 40.3 Å². The van der Waals surface area contributed by atoms with Crippen molar-refractivity contribution in [3.8, 4) is 17.0 Å². The summed E-state index contributed by atoms with van der Waals surface area (Å²) < 4.78 is 17.7. The predicted octanol–water partition coefficient (Wildman–Crippen LogP) is 3.40. The molecule has 48 heavy (non-hydrogen) atoms. The van der Waals surface area contributed by atoms with Crippen LogP contribution < -0.4 is 61.5 Å². The average Bonchev–Trinajstić information content (AvgIpc) is 3.50. The van der Waals surface area contributed by atoms with Gasteiger partial charge in [-0.05, 0) is 69.0 Å². The van der Waals surface area contributed by atoms with E-state index in [0.717, 1.165) is 21.0 Å². The van der Waals surface area contributed by atoms with Crippen LogP contribution in [0.3, 0.4) is 0 Å². The predicted molar refractivity (Wildman–Crippen MR) is 187 cm³/mol. The van der Waals surface area contributed by atoms with E-state index < -0.39 is 14.2 Å². The zero-order chi connectivity index (χ0) is 35.4. The summed E-state index contributed by atoms with van der Waals surface area (Å²) in [4.78, 5) is 30.9. The van der Waals surface area contributed by atoms with Gasteiger partial charge in [-0.25, -0.2) is 9.47 Å². The van der Waals surface area contributed by atoms with E-state index in [2.05, 4.69) is 54.5 Å². The van der Waals surface area contributed by atoms with Crippen molar-refractivity contribution >= 4 is 165 Å². The minimum absolute atomic E-state index is 0. The van der Waals surface area contributed by atoms with Crippen LogP contribution in [-0.4, -0.2) is 95.5 Å². The van der Waals surface area contributed by atoms with Gasteiger partial charge in [0.25, 0.3) is 5.70 Å². The molecular weight excluding hydrogens is 996 g/mol. The van der Waals surface area contributed by atoms with Crippen LogP contribution in [0.5, 0.6) is 5.75 Å². The number of carboxylic acids is 1. The normalized spacial score (nSPS) is 10.7. The Balaban J connectivity index is 0.000000622. The third kappa shape index (κ3) is 17.5. The first-order valence-electron chi connectivity index (χ1n) is 12.8. The van der Waals surface area contributed by atoms with Gasteiger partial charge < -0.3 is 24.8 Å². The first-order chi connectivity index (χ1) is 22.6. The van der Waals surface area contributed by atoms with Gasteiger partial charge >= 0.3 is 162 Å². The molecule has 5 aromatic rings. The number of fused-ring (bicyclic) bond motifs is 3. The minimum atomic E-state index is -3.15. The van der Waals surface area contributed by atoms with Crippen LogP contribution >= 0.6 is 67.7 Å². The van der Waals surface area contributed by atoms with Gasteiger partial charge in [0.1, 0.15) is 17.3 Å². The topological polar surface area (TPSA) is 181 Å². The molecule has 0 saturated carbocycles. The van der Waals surface area contributed by atoms with Crippen molar-refractivity contribution in [2.24, 2.45) is 4.99 Å². The number of halogens is 4. The number of aromatic nitrogens is 2. The molecule has 6 rings (SSSR count). The van der Waals surface area contributed by atoms with Gasteiger partial charge in [0.2, 0.25) is 0 Å². The molecule has 1 atom stereocenters. The molecule has 0 saturated heterocycles. The Morgan fingerprint density at radius 1 is 1.04 bits per heavy atom. The average molecular weight is 1010 g/mol. The third-order valence-corrected chi connectivity index (χ3v) is 6.46. The quantitative estimate of drug-likeness (QED) is 0.0680. The number of allylic oxidation sites excluding steroid dienone is 3. The Morgan fingerprint density at radius 2 is 1.65 bits per heavy atom. The first-order valence-corrected chi connectivity index (χ1v) is 34.4. The number of hydrogen-bond donors (Lipinski definition) is 2. The molecule has 20 heteroatoms. The van der Waals surface area contributed by atoms with Crippen molar-refractivity contribution in [3.63, 3.8) is 0 Å². The summed E-state index contributed by atoms with van der Waals surface area (Å²) in [6.07, 6.45) is 10.4. The number of rotatable bonds is 3. The molecule has 2 aromatic carbocycles. The summed E-state index contributed by atoms with van der Waals surface area (Å²) in [5, 5.41) is 28.5. The number of pyridine rings is 2. The number of aliphatic imine (C=N–C) groups is 1. The van der Waals surface area contributed by atoms with Gasteiger partial charge in [0.05, 0.1) is 27.9 Å². The summed E-state index contributed by atoms with van der Waals surface area (Å²) in [6.45, 7) is 0. The van der Waals surface area contributed by atoms with E-state index in [1.807, 2.05) is 42.5 Å². The number of aromatic hydroxyl groups is 1. The van der Waals surface area contributed by atoms with Crippen molar-refractivity contribution in [1.82, 2.24) is 9.97 Å². The Kier molecular flexibility index (Phi) is 30.7. The van der Waals surface area contributed by atoms with Crippen molar-refractivity contribution in [2.45, 2.75) is 0 Å². The van der Waals surface area contributed by atoms with Crippen LogP contribution in [0.2, 0.25) is 10.0 Å². The molecule has 1 aliphatic rings. The summed E-state index contributed by atoms with van der Waals surface area (Å²) in [5.74, 6) is -0.967. The van der Waals surface area contributed by atoms with Crippen molar-refractivity contribution in [3.05, 3.63) is 112 Å². The second kappa shape index (κ2) is 29.4. The number of benzene rings is 2. The number of hydrogen-bond acceptors (Lipinski definition) is 10. The monoisotopic (exact) mass is 1010 g/mol. The molecule has 4 heterocycles. The van der Waals surface area contributed by atoms with E-state index in [1.165, 1.54) is 69.2 Å². The van der Waals surface area contributed by atoms with E-state index in [0.29, 0.717) is 26.9 Å². The first kappa shape index (κ1) is 50.1. The fourth-order valence-electron chi connectivity index (χ4n) is 3.32. The molecule has 3 aromatic heterocycles. The Labute approximate surface area is 402 Å². The van der Waals surface area contributed by atoms with Crippen molar-refractivity contribution in [1.29, 1.82) is 0 Å². The number of carbonyl (C=O) groups is 1. The maximum atomic E-state index is 10.1. The fraction of sp³-hybridized carbons (Fsp3) is 0. The van der Waals surface area contributed by atoms with Crippen LogP contribution in [0.25, 0.3) is 33.3 Å². The van der Waals surface area contributed by atoms with E-state index in [-0.39, 0.29) is 62.8 Å². The second-order valence-electron chi connectivity index (χ2n) is 7.79. The molecule has 0 radical (unpaired) electrons. The fourth-order valence-corrected chi connectivity index (χ4v) is 4.18. The number of phenolic OH excluding ortho intramolecular Hbond substituents is 1. The molecule has 0 spiro atoms. The number of para-hydroxylation sites is 2. The molecule has 0 amide bonds. The Hall–Kier alpha value is 2.07. The van der Waals surface area contributed by atoms with Gasteiger partial charge in [-0.15, -0.1) is 0 Å². The summed E-state index contributed by atoms with van der Waals surface area (Å²) in [6, 6.07) is 18.3. The molecule has 0 fully saturated rings. The van der Waals surface area contributed by atoms with Gasteiger partial charge in [-0.3, -0.25) is 9.97 Å². The SMILES string of the molecule is Clc1cccc2c1oc1cccnc12.O=C(O)C1=CC=C[C+]=N1.O=[P+]([O-])O[O-].Oc1c(Cl)cccc1-c1ncccc1Br.[Cu][I].[K+].[K][K]. The Bertz CT molecular complexity index is 1880. The molecule has 0 aliphatic carbocycles. The molecular formula is C28H17BrCl2CuIK3N3O8P+. The van der Waals surface area contributed by atoms with Gasteiger partial charge in [0, 0.05) is 27.8 Å². The molecule has 1 unspecified atom stereocenters. The van der Waals surface area contributed by atoms with Crippen LogP contribution in [0, 0.1) is 0 Å². The number of carboxylic acid groups (broad SMARTS) is 1. The van der Waals surface area contributed by atoms with Gasteiger partial charge in [-0.2, -0.15) is 0 Å². The zero-order valence-electron chi connectivity index (χ0n) is 25.1. The number of furan rings is 1. The van der Waals surface area contributed by atoms with E-state index in [4.69, 9.17) is 47.4 Å². The summed E-state index contributed by atoms with van der Waals surface area (Å²) >= 11 is 23.6. The van der Waals surface area contributed by atoms with Crippen LogP contribution in [0.15, 0.2) is 111 Å². The van der Waals surface area contributed by atoms with Crippen molar-refractivity contribution < 1.29 is 103 Å². The Morgan fingerprint density at radius 3 is 2.21 bits per heavy atom. The zero-order valence-corrected chi connectivity index (χ0v) is 41.6. The number of phenols is 1. The van der Waals surface area contributed by atoms with E-state index >= 15 is 0 Å². The van der Waals surface area contributed by atoms with Crippen LogP contribution in [0.1, 0.15) is 0 Å². The summed E-state index contributed by atoms with van der Waals surface area (Å²) in [7, 11) is -3.15. The maximum absolute atomic E-state index is 10.1. The molecule has 0 bridgehead atoms. The molecule has 2 N–H and O–H groups in total. The molecule has 1 aliphatic heterocycles. The van der Waals surface area contributed by atoms with Gasteiger partial charge in [0.15, 0.2) is 17.4 Å². The standard InChI is InChI=1S/C11H7BrClNO.C11H6ClNO.C6H3NO2.Cu.HI.3K.HO4P/c12-8-4-2-6-14-10(8)7-3-1-5-9(13)11(7)15;12-8-4-1-3-7-10-9(14-11(7)8)5-2-6-13-10;8-6(9)5-3-1-2-4-7-5;;;;;;1-4-5(2)3/h1-6,15H;1-6H;1-3H;;1H;;;;1H/q;;;+1;;;;+1;/p-1. The van der Waals surface area contributed by atoms with Crippen LogP contribution in [0.4, 0.5) is 0 Å². The molecule has 238 valence electrons. The van der Waals surface area contributed by atoms with Crippen molar-refractivity contribution in [2.75, 3.05) is 0 Å².